The molecule has 2 unspecified atom stereocenters. The van der Waals surface area contributed by atoms with Gasteiger partial charge in [-0.15, -0.1) is 0 Å². The summed E-state index contributed by atoms with van der Waals surface area (Å²) < 4.78 is 0. The Labute approximate surface area is 110 Å². The summed E-state index contributed by atoms with van der Waals surface area (Å²) in [5.41, 5.74) is 5.73. The van der Waals surface area contributed by atoms with Crippen molar-refractivity contribution in [3.05, 3.63) is 0 Å². The van der Waals surface area contributed by atoms with Crippen LogP contribution in [-0.4, -0.2) is 54.5 Å². The fourth-order valence-electron chi connectivity index (χ4n) is 3.20. The first-order valence-electron chi connectivity index (χ1n) is 7.42. The molecular weight excluding hydrogens is 226 g/mol. The van der Waals surface area contributed by atoms with Crippen LogP contribution in [0, 0.1) is 5.92 Å². The molecule has 1 amide bonds. The number of amides is 1. The smallest absolute Gasteiger partial charge is 0.236 e. The Morgan fingerprint density at radius 2 is 1.89 bits per heavy atom. The van der Waals surface area contributed by atoms with Gasteiger partial charge >= 0.3 is 0 Å². The van der Waals surface area contributed by atoms with E-state index in [0.29, 0.717) is 24.4 Å². The number of hydrogen-bond donors (Lipinski definition) is 1. The zero-order valence-electron chi connectivity index (χ0n) is 11.6. The van der Waals surface area contributed by atoms with Crippen LogP contribution >= 0.6 is 0 Å². The van der Waals surface area contributed by atoms with E-state index in [1.807, 2.05) is 0 Å². The molecule has 2 fully saturated rings. The molecule has 4 heteroatoms. The molecule has 2 saturated heterocycles. The quantitative estimate of drug-likeness (QED) is 0.818. The van der Waals surface area contributed by atoms with E-state index in [0.717, 1.165) is 32.6 Å². The molecule has 4 nitrogen and oxygen atoms in total. The monoisotopic (exact) mass is 253 g/mol. The van der Waals surface area contributed by atoms with Crippen molar-refractivity contribution >= 4 is 5.91 Å². The lowest BCUT2D eigenvalue weighted by atomic mass is 10.1. The number of nitrogens with zero attached hydrogens (tertiary/aromatic N) is 2. The minimum atomic E-state index is 0.321. The maximum atomic E-state index is 12.3. The number of carbonyl (C=O) groups is 1. The predicted molar refractivity (Wildman–Crippen MR) is 73.2 cm³/mol. The standard InChI is InChI=1S/C14H27N3O/c1-12-8-13(9-15)10-17(12)11-14(18)16-6-4-2-3-5-7-16/h12-13H,2-11,15H2,1H3. The van der Waals surface area contributed by atoms with E-state index in [4.69, 9.17) is 5.73 Å². The van der Waals surface area contributed by atoms with Crippen molar-refractivity contribution in [3.63, 3.8) is 0 Å². The van der Waals surface area contributed by atoms with Gasteiger partial charge in [0.25, 0.3) is 0 Å². The highest BCUT2D eigenvalue weighted by molar-refractivity contribution is 5.78. The van der Waals surface area contributed by atoms with Crippen LogP contribution in [0.1, 0.15) is 39.0 Å². The van der Waals surface area contributed by atoms with Gasteiger partial charge in [-0.25, -0.2) is 0 Å². The van der Waals surface area contributed by atoms with Crippen LogP contribution in [0.15, 0.2) is 0 Å². The first-order chi connectivity index (χ1) is 8.70. The lowest BCUT2D eigenvalue weighted by Crippen LogP contribution is -2.42. The molecule has 2 atom stereocenters. The highest BCUT2D eigenvalue weighted by atomic mass is 16.2. The lowest BCUT2D eigenvalue weighted by Gasteiger charge is -2.26. The highest BCUT2D eigenvalue weighted by Crippen LogP contribution is 2.22. The van der Waals surface area contributed by atoms with Crippen LogP contribution < -0.4 is 5.73 Å². The number of rotatable bonds is 3. The van der Waals surface area contributed by atoms with E-state index in [1.165, 1.54) is 25.7 Å². The summed E-state index contributed by atoms with van der Waals surface area (Å²) in [5, 5.41) is 0. The van der Waals surface area contributed by atoms with Crippen LogP contribution in [0.2, 0.25) is 0 Å². The molecule has 2 rings (SSSR count). The molecule has 2 N–H and O–H groups in total. The van der Waals surface area contributed by atoms with E-state index >= 15 is 0 Å². The first-order valence-corrected chi connectivity index (χ1v) is 7.42. The number of nitrogens with two attached hydrogens (primary N) is 1. The van der Waals surface area contributed by atoms with Crippen LogP contribution in [0.25, 0.3) is 0 Å². The van der Waals surface area contributed by atoms with Gasteiger partial charge in [-0.2, -0.15) is 0 Å². The predicted octanol–water partition coefficient (Wildman–Crippen LogP) is 1.06. The molecule has 2 aliphatic heterocycles. The zero-order chi connectivity index (χ0) is 13.0. The molecule has 2 heterocycles. The van der Waals surface area contributed by atoms with Crippen molar-refractivity contribution in [1.82, 2.24) is 9.80 Å². The Kier molecular flexibility index (Phi) is 5.01. The SMILES string of the molecule is CC1CC(CN)CN1CC(=O)N1CCCCCC1. The van der Waals surface area contributed by atoms with E-state index in [1.54, 1.807) is 0 Å². The van der Waals surface area contributed by atoms with Gasteiger partial charge in [0, 0.05) is 25.7 Å². The van der Waals surface area contributed by atoms with Crippen molar-refractivity contribution in [2.45, 2.75) is 45.1 Å². The fraction of sp³-hybridized carbons (Fsp3) is 0.929. The molecular formula is C14H27N3O. The lowest BCUT2D eigenvalue weighted by molar-refractivity contribution is -0.132. The molecule has 0 radical (unpaired) electrons. The summed E-state index contributed by atoms with van der Waals surface area (Å²) in [6, 6.07) is 0.509. The minimum absolute atomic E-state index is 0.321. The third kappa shape index (κ3) is 3.45. The molecule has 0 saturated carbocycles. The van der Waals surface area contributed by atoms with E-state index in [2.05, 4.69) is 16.7 Å². The zero-order valence-corrected chi connectivity index (χ0v) is 11.6. The Morgan fingerprint density at radius 1 is 1.22 bits per heavy atom. The van der Waals surface area contributed by atoms with Crippen LogP contribution in [0.4, 0.5) is 0 Å². The van der Waals surface area contributed by atoms with E-state index in [-0.39, 0.29) is 0 Å². The molecule has 0 aromatic heterocycles. The maximum Gasteiger partial charge on any atom is 0.236 e. The molecule has 104 valence electrons. The molecule has 0 aromatic rings. The van der Waals surface area contributed by atoms with Crippen LogP contribution in [0.5, 0.6) is 0 Å². The summed E-state index contributed by atoms with van der Waals surface area (Å²) in [7, 11) is 0. The second-order valence-electron chi connectivity index (χ2n) is 5.91. The average Bonchev–Trinajstić information content (AvgIpc) is 2.59. The molecule has 0 spiro atoms. The van der Waals surface area contributed by atoms with Crippen molar-refractivity contribution in [1.29, 1.82) is 0 Å². The number of carbonyl (C=O) groups excluding carboxylic acids is 1. The fourth-order valence-corrected chi connectivity index (χ4v) is 3.20. The normalized spacial score (nSPS) is 30.4. The first kappa shape index (κ1) is 13.8. The Morgan fingerprint density at radius 3 is 2.44 bits per heavy atom. The Bertz CT molecular complexity index is 274. The van der Waals surface area contributed by atoms with Gasteiger partial charge < -0.3 is 10.6 Å². The van der Waals surface area contributed by atoms with Gasteiger partial charge in [-0.3, -0.25) is 9.69 Å². The Balaban J connectivity index is 1.83. The van der Waals surface area contributed by atoms with Gasteiger partial charge in [0.1, 0.15) is 0 Å². The largest absolute Gasteiger partial charge is 0.342 e. The average molecular weight is 253 g/mol. The van der Waals surface area contributed by atoms with Gasteiger partial charge in [0.05, 0.1) is 6.54 Å². The van der Waals surface area contributed by atoms with Gasteiger partial charge in [-0.1, -0.05) is 12.8 Å². The second-order valence-corrected chi connectivity index (χ2v) is 5.91. The Hall–Kier alpha value is -0.610. The third-order valence-electron chi connectivity index (χ3n) is 4.42. The highest BCUT2D eigenvalue weighted by Gasteiger charge is 2.30. The van der Waals surface area contributed by atoms with Gasteiger partial charge in [0.2, 0.25) is 5.91 Å². The third-order valence-corrected chi connectivity index (χ3v) is 4.42. The van der Waals surface area contributed by atoms with Crippen molar-refractivity contribution in [2.75, 3.05) is 32.7 Å². The van der Waals surface area contributed by atoms with Gasteiger partial charge in [0.15, 0.2) is 0 Å². The summed E-state index contributed by atoms with van der Waals surface area (Å²) in [4.78, 5) is 16.7. The number of likely N-dealkylation sites (tertiary alicyclic amines) is 2. The summed E-state index contributed by atoms with van der Waals surface area (Å²) >= 11 is 0. The minimum Gasteiger partial charge on any atom is -0.342 e. The van der Waals surface area contributed by atoms with Crippen molar-refractivity contribution in [3.8, 4) is 0 Å². The van der Waals surface area contributed by atoms with E-state index in [9.17, 15) is 4.79 Å². The van der Waals surface area contributed by atoms with Crippen LogP contribution in [-0.2, 0) is 4.79 Å². The molecule has 0 aliphatic carbocycles. The van der Waals surface area contributed by atoms with Crippen molar-refractivity contribution in [2.24, 2.45) is 11.7 Å². The summed E-state index contributed by atoms with van der Waals surface area (Å²) in [6.45, 7) is 6.47. The topological polar surface area (TPSA) is 49.6 Å². The molecule has 0 bridgehead atoms. The van der Waals surface area contributed by atoms with Crippen molar-refractivity contribution < 1.29 is 4.79 Å². The summed E-state index contributed by atoms with van der Waals surface area (Å²) in [5.74, 6) is 0.901. The second kappa shape index (κ2) is 6.53. The molecule has 18 heavy (non-hydrogen) atoms. The molecule has 0 aromatic carbocycles. The molecule has 2 aliphatic rings. The van der Waals surface area contributed by atoms with E-state index < -0.39 is 0 Å². The van der Waals surface area contributed by atoms with Crippen LogP contribution in [0.3, 0.4) is 0 Å². The number of hydrogen-bond acceptors (Lipinski definition) is 3. The summed E-state index contributed by atoms with van der Waals surface area (Å²) in [6.07, 6.45) is 6.04. The van der Waals surface area contributed by atoms with Gasteiger partial charge in [-0.05, 0) is 38.6 Å². The maximum absolute atomic E-state index is 12.3.